The molecule has 0 saturated heterocycles. The minimum Gasteiger partial charge on any atom is -0.309 e. The molecule has 0 bridgehead atoms. The number of nitrogens with zero attached hydrogens (tertiary/aromatic N) is 2. The lowest BCUT2D eigenvalue weighted by molar-refractivity contribution is 1.13. The highest BCUT2D eigenvalue weighted by atomic mass is 15.0. The van der Waals surface area contributed by atoms with E-state index >= 15 is 0 Å². The minimum atomic E-state index is 1.16. The van der Waals surface area contributed by atoms with E-state index in [9.17, 15) is 0 Å². The van der Waals surface area contributed by atoms with E-state index in [2.05, 4.69) is 179 Å². The van der Waals surface area contributed by atoms with E-state index in [1.54, 1.807) is 0 Å². The van der Waals surface area contributed by atoms with Crippen molar-refractivity contribution in [3.63, 3.8) is 0 Å². The van der Waals surface area contributed by atoms with E-state index in [1.165, 1.54) is 82.0 Å². The van der Waals surface area contributed by atoms with Crippen molar-refractivity contribution in [1.82, 2.24) is 9.13 Å². The molecule has 8 aromatic carbocycles. The van der Waals surface area contributed by atoms with Crippen molar-refractivity contribution < 1.29 is 0 Å². The van der Waals surface area contributed by atoms with Crippen LogP contribution >= 0.6 is 0 Å². The van der Waals surface area contributed by atoms with Gasteiger partial charge >= 0.3 is 0 Å². The average Bonchev–Trinajstić information content (AvgIpc) is 3.69. The number of hydrogen-bond acceptors (Lipinski definition) is 0. The van der Waals surface area contributed by atoms with Gasteiger partial charge in [0.15, 0.2) is 0 Å². The highest BCUT2D eigenvalue weighted by Gasteiger charge is 2.20. The quantitative estimate of drug-likeness (QED) is 0.183. The van der Waals surface area contributed by atoms with Crippen molar-refractivity contribution in [2.45, 2.75) is 0 Å². The van der Waals surface area contributed by atoms with E-state index in [4.69, 9.17) is 0 Å². The van der Waals surface area contributed by atoms with Gasteiger partial charge in [-0.1, -0.05) is 127 Å². The molecule has 0 fully saturated rings. The second-order valence-corrected chi connectivity index (χ2v) is 12.1. The molecule has 0 saturated carbocycles. The van der Waals surface area contributed by atoms with Gasteiger partial charge in [0.25, 0.3) is 0 Å². The molecule has 0 spiro atoms. The van der Waals surface area contributed by atoms with Crippen molar-refractivity contribution in [1.29, 1.82) is 0 Å². The molecule has 214 valence electrons. The minimum absolute atomic E-state index is 1.16. The normalized spacial score (nSPS) is 11.9. The summed E-state index contributed by atoms with van der Waals surface area (Å²) in [6, 6.07) is 62.0. The maximum Gasteiger partial charge on any atom is 0.0635 e. The molecule has 0 N–H and O–H groups in total. The second-order valence-electron chi connectivity index (χ2n) is 12.1. The van der Waals surface area contributed by atoms with E-state index in [-0.39, 0.29) is 0 Å². The Morgan fingerprint density at radius 1 is 0.283 bits per heavy atom. The van der Waals surface area contributed by atoms with Crippen molar-refractivity contribution in [3.05, 3.63) is 170 Å². The van der Waals surface area contributed by atoms with Crippen molar-refractivity contribution in [2.75, 3.05) is 0 Å². The Kier molecular flexibility index (Phi) is 5.31. The van der Waals surface area contributed by atoms with Crippen LogP contribution in [0.1, 0.15) is 0 Å². The first-order valence-corrected chi connectivity index (χ1v) is 15.9. The lowest BCUT2D eigenvalue weighted by Crippen LogP contribution is -1.97. The van der Waals surface area contributed by atoms with Gasteiger partial charge in [-0.05, 0) is 80.3 Å². The highest BCUT2D eigenvalue weighted by Crippen LogP contribution is 2.42. The van der Waals surface area contributed by atoms with Gasteiger partial charge in [0.05, 0.1) is 22.2 Å². The summed E-state index contributed by atoms with van der Waals surface area (Å²) in [5.74, 6) is 0. The smallest absolute Gasteiger partial charge is 0.0635 e. The first-order valence-electron chi connectivity index (χ1n) is 15.9. The largest absolute Gasteiger partial charge is 0.309 e. The van der Waals surface area contributed by atoms with Crippen LogP contribution in [0.2, 0.25) is 0 Å². The summed E-state index contributed by atoms with van der Waals surface area (Å²) in [5.41, 5.74) is 8.34. The third-order valence-corrected chi connectivity index (χ3v) is 9.69. The summed E-state index contributed by atoms with van der Waals surface area (Å²) in [6.45, 7) is 0. The molecule has 2 nitrogen and oxygen atoms in total. The van der Waals surface area contributed by atoms with Gasteiger partial charge in [-0.2, -0.15) is 0 Å². The summed E-state index contributed by atoms with van der Waals surface area (Å²) in [7, 11) is 0. The van der Waals surface area contributed by atoms with Crippen LogP contribution in [0.4, 0.5) is 0 Å². The molecule has 0 unspecified atom stereocenters. The number of aromatic nitrogens is 2. The Hall–Kier alpha value is -6.12. The molecule has 0 aliphatic heterocycles. The van der Waals surface area contributed by atoms with Gasteiger partial charge in [-0.25, -0.2) is 0 Å². The number of rotatable bonds is 3. The Balaban J connectivity index is 1.36. The molecule has 10 aromatic rings. The Morgan fingerprint density at radius 3 is 1.50 bits per heavy atom. The van der Waals surface area contributed by atoms with E-state index in [1.807, 2.05) is 0 Å². The third kappa shape index (κ3) is 3.53. The first-order chi connectivity index (χ1) is 22.8. The summed E-state index contributed by atoms with van der Waals surface area (Å²) < 4.78 is 4.90. The molecular formula is C44H28N2. The standard InChI is InChI=1S/C44H28N2/c1-3-13-29(14-4-1)43-28-40-42(45(43)30-15-5-2-6-16-30)26-25-38-37-21-11-12-22-41(37)46(44(38)40)31-23-24-36-34-19-8-7-17-32(34)33-18-9-10-20-35(33)39(36)27-31/h1-28H. The van der Waals surface area contributed by atoms with Crippen LogP contribution in [0.25, 0.3) is 87.7 Å². The van der Waals surface area contributed by atoms with Gasteiger partial charge in [-0.15, -0.1) is 0 Å². The summed E-state index contributed by atoms with van der Waals surface area (Å²) in [5, 5.41) is 11.5. The first kappa shape index (κ1) is 25.2. The van der Waals surface area contributed by atoms with Crippen molar-refractivity contribution in [3.8, 4) is 22.6 Å². The molecule has 10 rings (SSSR count). The summed E-state index contributed by atoms with van der Waals surface area (Å²) in [4.78, 5) is 0. The Bertz CT molecular complexity index is 2750. The van der Waals surface area contributed by atoms with E-state index < -0.39 is 0 Å². The molecule has 2 aromatic heterocycles. The lowest BCUT2D eigenvalue weighted by Gasteiger charge is -2.14. The maximum absolute atomic E-state index is 2.49. The zero-order valence-electron chi connectivity index (χ0n) is 25.1. The molecule has 46 heavy (non-hydrogen) atoms. The van der Waals surface area contributed by atoms with Gasteiger partial charge in [-0.3, -0.25) is 0 Å². The number of para-hydroxylation sites is 2. The van der Waals surface area contributed by atoms with Gasteiger partial charge < -0.3 is 9.13 Å². The van der Waals surface area contributed by atoms with Crippen LogP contribution in [0, 0.1) is 0 Å². The summed E-state index contributed by atoms with van der Waals surface area (Å²) >= 11 is 0. The molecule has 0 radical (unpaired) electrons. The monoisotopic (exact) mass is 584 g/mol. The van der Waals surface area contributed by atoms with E-state index in [0.29, 0.717) is 0 Å². The Morgan fingerprint density at radius 2 is 0.804 bits per heavy atom. The fraction of sp³-hybridized carbons (Fsp3) is 0. The lowest BCUT2D eigenvalue weighted by atomic mass is 9.94. The van der Waals surface area contributed by atoms with Crippen LogP contribution in [-0.4, -0.2) is 9.13 Å². The average molecular weight is 585 g/mol. The number of hydrogen-bond donors (Lipinski definition) is 0. The van der Waals surface area contributed by atoms with Crippen molar-refractivity contribution >= 4 is 65.0 Å². The second kappa shape index (κ2) is 9.69. The molecule has 0 aliphatic rings. The van der Waals surface area contributed by atoms with Crippen LogP contribution in [0.15, 0.2) is 170 Å². The molecule has 2 heterocycles. The molecule has 2 heteroatoms. The molecule has 0 atom stereocenters. The highest BCUT2D eigenvalue weighted by molar-refractivity contribution is 6.26. The van der Waals surface area contributed by atoms with Gasteiger partial charge in [0.2, 0.25) is 0 Å². The maximum atomic E-state index is 2.49. The van der Waals surface area contributed by atoms with Crippen LogP contribution < -0.4 is 0 Å². The van der Waals surface area contributed by atoms with Gasteiger partial charge in [0, 0.05) is 27.5 Å². The molecular weight excluding hydrogens is 556 g/mol. The zero-order chi connectivity index (χ0) is 30.2. The predicted octanol–water partition coefficient (Wildman–Crippen LogP) is 11.9. The topological polar surface area (TPSA) is 9.86 Å². The van der Waals surface area contributed by atoms with Crippen LogP contribution in [0.5, 0.6) is 0 Å². The predicted molar refractivity (Wildman–Crippen MR) is 196 cm³/mol. The number of fused-ring (bicyclic) bond motifs is 11. The zero-order valence-corrected chi connectivity index (χ0v) is 25.1. The molecule has 0 amide bonds. The summed E-state index contributed by atoms with van der Waals surface area (Å²) in [6.07, 6.45) is 0. The fourth-order valence-electron chi connectivity index (χ4n) is 7.72. The van der Waals surface area contributed by atoms with Crippen LogP contribution in [-0.2, 0) is 0 Å². The fourth-order valence-corrected chi connectivity index (χ4v) is 7.72. The molecule has 0 aliphatic carbocycles. The van der Waals surface area contributed by atoms with Gasteiger partial charge in [0.1, 0.15) is 0 Å². The number of benzene rings is 8. The van der Waals surface area contributed by atoms with Crippen LogP contribution in [0.3, 0.4) is 0 Å². The van der Waals surface area contributed by atoms with E-state index in [0.717, 1.165) is 5.69 Å². The third-order valence-electron chi connectivity index (χ3n) is 9.69. The Labute approximate surface area is 266 Å². The van der Waals surface area contributed by atoms with Crippen molar-refractivity contribution in [2.24, 2.45) is 0 Å². The SMILES string of the molecule is c1ccc(-c2cc3c(ccc4c5ccccc5n(-c5ccc6c7ccccc7c7ccccc7c6c5)c43)n2-c2ccccc2)cc1.